The molecule has 0 aliphatic heterocycles. The van der Waals surface area contributed by atoms with Crippen LogP contribution >= 0.6 is 0 Å². The number of carbonyl (C=O) groups is 1. The van der Waals surface area contributed by atoms with Crippen molar-refractivity contribution in [2.45, 2.75) is 13.0 Å². The predicted molar refractivity (Wildman–Crippen MR) is 88.6 cm³/mol. The first kappa shape index (κ1) is 16.5. The van der Waals surface area contributed by atoms with Gasteiger partial charge in [0.1, 0.15) is 40.1 Å². The van der Waals surface area contributed by atoms with E-state index in [1.54, 1.807) is 12.1 Å². The second-order valence-corrected chi connectivity index (χ2v) is 5.43. The van der Waals surface area contributed by atoms with Crippen molar-refractivity contribution in [1.29, 1.82) is 0 Å². The van der Waals surface area contributed by atoms with Crippen molar-refractivity contribution < 1.29 is 29.3 Å². The molecule has 0 amide bonds. The summed E-state index contributed by atoms with van der Waals surface area (Å²) < 4.78 is 10.6. The molecule has 25 heavy (non-hydrogen) atoms. The molecule has 1 heterocycles. The van der Waals surface area contributed by atoms with Crippen LogP contribution in [0.3, 0.4) is 0 Å². The SMILES string of the molecule is C[C@@H](O)C(=O)Oc1cc(O)c2c(=O)cc(-c3ccc(O)cc3)oc2c1. The first-order valence-electron chi connectivity index (χ1n) is 7.35. The lowest BCUT2D eigenvalue weighted by molar-refractivity contribution is -0.142. The van der Waals surface area contributed by atoms with E-state index >= 15 is 0 Å². The molecule has 128 valence electrons. The summed E-state index contributed by atoms with van der Waals surface area (Å²) in [5.41, 5.74) is 0.0851. The van der Waals surface area contributed by atoms with Crippen LogP contribution in [-0.2, 0) is 4.79 Å². The zero-order chi connectivity index (χ0) is 18.1. The Morgan fingerprint density at radius 3 is 2.44 bits per heavy atom. The van der Waals surface area contributed by atoms with Crippen LogP contribution in [0.5, 0.6) is 17.2 Å². The largest absolute Gasteiger partial charge is 0.508 e. The molecule has 7 heteroatoms. The lowest BCUT2D eigenvalue weighted by Gasteiger charge is -2.09. The van der Waals surface area contributed by atoms with E-state index in [0.29, 0.717) is 5.56 Å². The Bertz CT molecular complexity index is 1000. The van der Waals surface area contributed by atoms with E-state index in [1.165, 1.54) is 31.2 Å². The van der Waals surface area contributed by atoms with E-state index in [1.807, 2.05) is 0 Å². The van der Waals surface area contributed by atoms with Gasteiger partial charge in [-0.2, -0.15) is 0 Å². The third-order valence-electron chi connectivity index (χ3n) is 3.49. The summed E-state index contributed by atoms with van der Waals surface area (Å²) in [7, 11) is 0. The number of esters is 1. The summed E-state index contributed by atoms with van der Waals surface area (Å²) in [6.07, 6.45) is -1.34. The Labute approximate surface area is 141 Å². The summed E-state index contributed by atoms with van der Waals surface area (Å²) in [5, 5.41) is 28.5. The fraction of sp³-hybridized carbons (Fsp3) is 0.111. The molecule has 0 saturated carbocycles. The number of fused-ring (bicyclic) bond motifs is 1. The van der Waals surface area contributed by atoms with Crippen molar-refractivity contribution in [3.05, 3.63) is 52.7 Å². The van der Waals surface area contributed by atoms with E-state index in [2.05, 4.69) is 0 Å². The van der Waals surface area contributed by atoms with Crippen molar-refractivity contribution in [2.75, 3.05) is 0 Å². The minimum Gasteiger partial charge on any atom is -0.508 e. The third-order valence-corrected chi connectivity index (χ3v) is 3.49. The van der Waals surface area contributed by atoms with Crippen LogP contribution in [0.15, 0.2) is 51.7 Å². The van der Waals surface area contributed by atoms with Crippen molar-refractivity contribution in [3.8, 4) is 28.6 Å². The maximum Gasteiger partial charge on any atom is 0.340 e. The molecule has 1 aromatic heterocycles. The Balaban J connectivity index is 2.13. The Kier molecular flexibility index (Phi) is 4.16. The number of benzene rings is 2. The van der Waals surface area contributed by atoms with Crippen LogP contribution in [0, 0.1) is 0 Å². The molecule has 3 aromatic rings. The van der Waals surface area contributed by atoms with Gasteiger partial charge in [-0.25, -0.2) is 4.79 Å². The molecule has 2 aromatic carbocycles. The molecule has 0 spiro atoms. The molecule has 0 bridgehead atoms. The first-order chi connectivity index (χ1) is 11.8. The number of ether oxygens (including phenoxy) is 1. The van der Waals surface area contributed by atoms with E-state index < -0.39 is 23.3 Å². The van der Waals surface area contributed by atoms with Gasteiger partial charge in [0.15, 0.2) is 5.43 Å². The molecular weight excluding hydrogens is 328 g/mol. The Morgan fingerprint density at radius 2 is 1.80 bits per heavy atom. The van der Waals surface area contributed by atoms with E-state index in [-0.39, 0.29) is 28.2 Å². The molecule has 7 nitrogen and oxygen atoms in total. The molecule has 0 aliphatic carbocycles. The zero-order valence-corrected chi connectivity index (χ0v) is 13.1. The molecular formula is C18H14O7. The molecule has 3 rings (SSSR count). The van der Waals surface area contributed by atoms with Gasteiger partial charge in [0.2, 0.25) is 0 Å². The van der Waals surface area contributed by atoms with Gasteiger partial charge in [-0.3, -0.25) is 4.79 Å². The van der Waals surface area contributed by atoms with Gasteiger partial charge >= 0.3 is 5.97 Å². The summed E-state index contributed by atoms with van der Waals surface area (Å²) in [6.45, 7) is 1.24. The van der Waals surface area contributed by atoms with Crippen LogP contribution in [0.4, 0.5) is 0 Å². The highest BCUT2D eigenvalue weighted by Crippen LogP contribution is 2.31. The number of hydrogen-bond donors (Lipinski definition) is 3. The molecule has 0 unspecified atom stereocenters. The van der Waals surface area contributed by atoms with Crippen LogP contribution < -0.4 is 10.2 Å². The van der Waals surface area contributed by atoms with E-state index in [4.69, 9.17) is 9.15 Å². The molecule has 0 saturated heterocycles. The van der Waals surface area contributed by atoms with Gasteiger partial charge in [0.05, 0.1) is 0 Å². The van der Waals surface area contributed by atoms with Crippen LogP contribution in [0.25, 0.3) is 22.3 Å². The van der Waals surface area contributed by atoms with E-state index in [0.717, 1.165) is 6.07 Å². The molecule has 0 radical (unpaired) electrons. The molecule has 0 fully saturated rings. The summed E-state index contributed by atoms with van der Waals surface area (Å²) in [5.74, 6) is -1.10. The van der Waals surface area contributed by atoms with Crippen molar-refractivity contribution in [2.24, 2.45) is 0 Å². The standard InChI is InChI=1S/C18H14O7/c1-9(19)18(23)24-12-6-13(21)17-14(22)8-15(25-16(17)7-12)10-2-4-11(20)5-3-10/h2-9,19-21H,1H3/t9-/m1/s1. The monoisotopic (exact) mass is 342 g/mol. The topological polar surface area (TPSA) is 117 Å². The zero-order valence-electron chi connectivity index (χ0n) is 13.1. The summed E-state index contributed by atoms with van der Waals surface area (Å²) >= 11 is 0. The number of carbonyl (C=O) groups excluding carboxylic acids is 1. The predicted octanol–water partition coefficient (Wildman–Crippen LogP) is 2.16. The van der Waals surface area contributed by atoms with Crippen molar-refractivity contribution in [3.63, 3.8) is 0 Å². The fourth-order valence-corrected chi connectivity index (χ4v) is 2.27. The number of aromatic hydroxyl groups is 2. The van der Waals surface area contributed by atoms with Gasteiger partial charge in [0, 0.05) is 23.8 Å². The van der Waals surface area contributed by atoms with Crippen molar-refractivity contribution >= 4 is 16.9 Å². The second-order valence-electron chi connectivity index (χ2n) is 5.43. The average Bonchev–Trinajstić information content (AvgIpc) is 2.54. The number of aliphatic hydroxyl groups excluding tert-OH is 1. The third kappa shape index (κ3) is 3.31. The van der Waals surface area contributed by atoms with Gasteiger partial charge < -0.3 is 24.5 Å². The number of hydrogen-bond acceptors (Lipinski definition) is 7. The fourth-order valence-electron chi connectivity index (χ4n) is 2.27. The van der Waals surface area contributed by atoms with Crippen molar-refractivity contribution in [1.82, 2.24) is 0 Å². The highest BCUT2D eigenvalue weighted by Gasteiger charge is 2.16. The van der Waals surface area contributed by atoms with E-state index in [9.17, 15) is 24.9 Å². The second kappa shape index (κ2) is 6.29. The van der Waals surface area contributed by atoms with Gasteiger partial charge in [-0.1, -0.05) is 0 Å². The smallest absolute Gasteiger partial charge is 0.340 e. The lowest BCUT2D eigenvalue weighted by atomic mass is 10.1. The van der Waals surface area contributed by atoms with Gasteiger partial charge in [-0.15, -0.1) is 0 Å². The summed E-state index contributed by atoms with van der Waals surface area (Å²) in [4.78, 5) is 23.8. The summed E-state index contributed by atoms with van der Waals surface area (Å²) in [6, 6.07) is 9.61. The minimum atomic E-state index is -1.34. The van der Waals surface area contributed by atoms with Crippen LogP contribution in [0.1, 0.15) is 6.92 Å². The normalized spacial score (nSPS) is 12.1. The maximum atomic E-state index is 12.3. The highest BCUT2D eigenvalue weighted by atomic mass is 16.5. The van der Waals surface area contributed by atoms with Crippen LogP contribution in [-0.4, -0.2) is 27.4 Å². The van der Waals surface area contributed by atoms with Gasteiger partial charge in [-0.05, 0) is 31.2 Å². The lowest BCUT2D eigenvalue weighted by Crippen LogP contribution is -2.22. The molecule has 1 atom stereocenters. The number of aliphatic hydroxyl groups is 1. The molecule has 3 N–H and O–H groups in total. The van der Waals surface area contributed by atoms with Gasteiger partial charge in [0.25, 0.3) is 0 Å². The highest BCUT2D eigenvalue weighted by molar-refractivity contribution is 5.87. The first-order valence-corrected chi connectivity index (χ1v) is 7.35. The number of phenolic OH excluding ortho intramolecular Hbond substituents is 2. The number of phenols is 2. The maximum absolute atomic E-state index is 12.3. The minimum absolute atomic E-state index is 0.0176. The Hall–Kier alpha value is -3.32. The van der Waals surface area contributed by atoms with Crippen LogP contribution in [0.2, 0.25) is 0 Å². The quantitative estimate of drug-likeness (QED) is 0.493. The molecule has 0 aliphatic rings. The number of rotatable bonds is 3. The average molecular weight is 342 g/mol. The Morgan fingerprint density at radius 1 is 1.12 bits per heavy atom.